The van der Waals surface area contributed by atoms with E-state index >= 15 is 0 Å². The molecule has 1 fully saturated rings. The van der Waals surface area contributed by atoms with E-state index in [0.29, 0.717) is 5.89 Å². The molecule has 2 aromatic rings. The van der Waals surface area contributed by atoms with Crippen molar-refractivity contribution >= 4 is 24.0 Å². The summed E-state index contributed by atoms with van der Waals surface area (Å²) in [6.45, 7) is 8.79. The van der Waals surface area contributed by atoms with Gasteiger partial charge in [-0.1, -0.05) is 24.3 Å². The van der Waals surface area contributed by atoms with Crippen molar-refractivity contribution in [3.8, 4) is 0 Å². The van der Waals surface area contributed by atoms with E-state index in [1.807, 2.05) is 6.92 Å². The zero-order valence-corrected chi connectivity index (χ0v) is 17.6. The molecule has 0 bridgehead atoms. The number of aromatic nitrogens is 2. The first kappa shape index (κ1) is 19.7. The zero-order valence-electron chi connectivity index (χ0n) is 15.3. The highest BCUT2D eigenvalue weighted by Gasteiger charge is 2.30. The topological polar surface area (TPSA) is 54.6 Å². The Morgan fingerprint density at radius 2 is 1.85 bits per heavy atom. The van der Waals surface area contributed by atoms with E-state index < -0.39 is 0 Å². The maximum absolute atomic E-state index is 5.77. The number of morpholine rings is 1. The van der Waals surface area contributed by atoms with E-state index in [-0.39, 0.29) is 30.0 Å². The fourth-order valence-electron chi connectivity index (χ4n) is 3.82. The van der Waals surface area contributed by atoms with Gasteiger partial charge >= 0.3 is 0 Å². The van der Waals surface area contributed by atoms with Crippen LogP contribution in [0.3, 0.4) is 0 Å². The Kier molecular flexibility index (Phi) is 7.02. The number of hydrogen-bond acceptors (Lipinski definition) is 6. The molecule has 0 radical (unpaired) electrons. The van der Waals surface area contributed by atoms with Gasteiger partial charge in [-0.3, -0.25) is 9.80 Å². The molecule has 2 aliphatic heterocycles. The second-order valence-electron chi connectivity index (χ2n) is 6.93. The number of nitrogens with zero attached hydrogens (tertiary/aromatic N) is 4. The average Bonchev–Trinajstić information content (AvgIpc) is 3.08. The lowest BCUT2D eigenvalue weighted by atomic mass is 9.93. The maximum atomic E-state index is 5.77. The Hall–Kier alpha value is -1.03. The summed E-state index contributed by atoms with van der Waals surface area (Å²) >= 11 is 0. The van der Waals surface area contributed by atoms with Gasteiger partial charge in [0.2, 0.25) is 11.8 Å². The first-order chi connectivity index (χ1) is 12.3. The van der Waals surface area contributed by atoms with Crippen molar-refractivity contribution in [1.82, 2.24) is 20.0 Å². The first-order valence-corrected chi connectivity index (χ1v) is 9.20. The Labute approximate surface area is 171 Å². The van der Waals surface area contributed by atoms with Crippen LogP contribution in [-0.4, -0.2) is 59.4 Å². The molecule has 0 amide bonds. The van der Waals surface area contributed by atoms with Gasteiger partial charge in [-0.15, -0.1) is 34.2 Å². The average molecular weight is 470 g/mol. The minimum absolute atomic E-state index is 0. The van der Waals surface area contributed by atoms with Crippen LogP contribution in [0.2, 0.25) is 0 Å². The van der Waals surface area contributed by atoms with Gasteiger partial charge in [0.1, 0.15) is 0 Å². The highest BCUT2D eigenvalue weighted by Crippen LogP contribution is 2.32. The molecule has 26 heavy (non-hydrogen) atoms. The number of rotatable bonds is 5. The van der Waals surface area contributed by atoms with E-state index in [1.165, 1.54) is 11.1 Å². The van der Waals surface area contributed by atoms with Crippen molar-refractivity contribution in [2.45, 2.75) is 32.4 Å². The molecular formula is C19H27IN4O2. The van der Waals surface area contributed by atoms with Gasteiger partial charge in [0.15, 0.2) is 0 Å². The Morgan fingerprint density at radius 3 is 2.58 bits per heavy atom. The van der Waals surface area contributed by atoms with Gasteiger partial charge in [0.25, 0.3) is 0 Å². The molecule has 142 valence electrons. The summed E-state index contributed by atoms with van der Waals surface area (Å²) in [5.41, 5.74) is 2.81. The van der Waals surface area contributed by atoms with Gasteiger partial charge in [-0.2, -0.15) is 0 Å². The molecule has 6 nitrogen and oxygen atoms in total. The Bertz CT molecular complexity index is 702. The third kappa shape index (κ3) is 4.62. The molecule has 4 rings (SSSR count). The van der Waals surface area contributed by atoms with Crippen molar-refractivity contribution in [1.29, 1.82) is 0 Å². The van der Waals surface area contributed by atoms with Gasteiger partial charge in [0, 0.05) is 33.1 Å². The van der Waals surface area contributed by atoms with Crippen LogP contribution in [0.4, 0.5) is 0 Å². The monoisotopic (exact) mass is 470 g/mol. The smallest absolute Gasteiger partial charge is 0.233 e. The molecular weight excluding hydrogens is 443 g/mol. The third-order valence-corrected chi connectivity index (χ3v) is 5.20. The summed E-state index contributed by atoms with van der Waals surface area (Å²) in [6, 6.07) is 8.88. The lowest BCUT2D eigenvalue weighted by Gasteiger charge is -2.35. The summed E-state index contributed by atoms with van der Waals surface area (Å²) in [4.78, 5) is 4.99. The summed E-state index contributed by atoms with van der Waals surface area (Å²) < 4.78 is 11.2. The second kappa shape index (κ2) is 9.25. The third-order valence-electron chi connectivity index (χ3n) is 5.20. The van der Waals surface area contributed by atoms with Gasteiger partial charge in [-0.05, 0) is 30.5 Å². The molecule has 0 N–H and O–H groups in total. The highest BCUT2D eigenvalue weighted by atomic mass is 127. The molecule has 2 aliphatic rings. The van der Waals surface area contributed by atoms with E-state index in [4.69, 9.17) is 9.15 Å². The van der Waals surface area contributed by atoms with Crippen LogP contribution in [-0.2, 0) is 17.7 Å². The van der Waals surface area contributed by atoms with Crippen molar-refractivity contribution in [2.24, 2.45) is 0 Å². The fraction of sp³-hybridized carbons (Fsp3) is 0.579. The predicted molar refractivity (Wildman–Crippen MR) is 110 cm³/mol. The number of halogens is 1. The van der Waals surface area contributed by atoms with Gasteiger partial charge in [-0.25, -0.2) is 0 Å². The van der Waals surface area contributed by atoms with Crippen LogP contribution in [0.1, 0.15) is 35.4 Å². The van der Waals surface area contributed by atoms with Gasteiger partial charge < -0.3 is 9.15 Å². The zero-order chi connectivity index (χ0) is 17.1. The second-order valence-corrected chi connectivity index (χ2v) is 6.93. The number of ether oxygens (including phenoxy) is 1. The van der Waals surface area contributed by atoms with Crippen molar-refractivity contribution < 1.29 is 9.15 Å². The number of hydrogen-bond donors (Lipinski definition) is 0. The molecule has 1 unspecified atom stereocenters. The number of aryl methyl sites for hydroxylation is 1. The van der Waals surface area contributed by atoms with E-state index in [1.54, 1.807) is 0 Å². The van der Waals surface area contributed by atoms with E-state index in [0.717, 1.165) is 64.7 Å². The molecule has 3 heterocycles. The number of fused-ring (bicyclic) bond motifs is 1. The summed E-state index contributed by atoms with van der Waals surface area (Å²) in [7, 11) is 0. The predicted octanol–water partition coefficient (Wildman–Crippen LogP) is 2.82. The van der Waals surface area contributed by atoms with Crippen LogP contribution >= 0.6 is 24.0 Å². The Morgan fingerprint density at radius 1 is 1.08 bits per heavy atom. The quantitative estimate of drug-likeness (QED) is 0.627. The van der Waals surface area contributed by atoms with Crippen molar-refractivity contribution in [3.63, 3.8) is 0 Å². The molecule has 0 saturated carbocycles. The minimum Gasteiger partial charge on any atom is -0.424 e. The molecule has 0 spiro atoms. The number of benzene rings is 1. The molecule has 7 heteroatoms. The summed E-state index contributed by atoms with van der Waals surface area (Å²) in [5, 5.41) is 8.35. The lowest BCUT2D eigenvalue weighted by Crippen LogP contribution is -2.39. The van der Waals surface area contributed by atoms with Crippen molar-refractivity contribution in [2.75, 3.05) is 39.4 Å². The molecule has 1 atom stereocenters. The first-order valence-electron chi connectivity index (χ1n) is 9.20. The van der Waals surface area contributed by atoms with Gasteiger partial charge in [0.05, 0.1) is 19.3 Å². The van der Waals surface area contributed by atoms with Crippen LogP contribution in [0.25, 0.3) is 0 Å². The van der Waals surface area contributed by atoms with E-state index in [9.17, 15) is 0 Å². The van der Waals surface area contributed by atoms with Crippen LogP contribution in [0, 0.1) is 6.92 Å². The van der Waals surface area contributed by atoms with Crippen LogP contribution in [0.5, 0.6) is 0 Å². The standard InChI is InChI=1S/C19H26N4O2.HI/c1-15-20-21-19(25-15)18-13-16-5-2-3-6-17(16)14-23(18)8-4-7-22-9-11-24-12-10-22;/h2-3,5-6,18H,4,7-14H2,1H3;1H. The summed E-state index contributed by atoms with van der Waals surface area (Å²) in [6.07, 6.45) is 2.08. The maximum Gasteiger partial charge on any atom is 0.233 e. The fourth-order valence-corrected chi connectivity index (χ4v) is 3.82. The summed E-state index contributed by atoms with van der Waals surface area (Å²) in [5.74, 6) is 1.39. The largest absolute Gasteiger partial charge is 0.424 e. The molecule has 0 aliphatic carbocycles. The lowest BCUT2D eigenvalue weighted by molar-refractivity contribution is 0.0344. The molecule has 1 saturated heterocycles. The highest BCUT2D eigenvalue weighted by molar-refractivity contribution is 14.0. The SMILES string of the molecule is Cc1nnc(C2Cc3ccccc3CN2CCCN2CCOCC2)o1.I. The van der Waals surface area contributed by atoms with Crippen LogP contribution in [0.15, 0.2) is 28.7 Å². The minimum atomic E-state index is 0. The molecule has 1 aromatic heterocycles. The van der Waals surface area contributed by atoms with Crippen LogP contribution < -0.4 is 0 Å². The van der Waals surface area contributed by atoms with Crippen molar-refractivity contribution in [3.05, 3.63) is 47.2 Å². The normalized spacial score (nSPS) is 21.2. The Balaban J connectivity index is 0.00000196. The van der Waals surface area contributed by atoms with E-state index in [2.05, 4.69) is 44.3 Å². The molecule has 1 aromatic carbocycles.